The molecular formula is C15H21NO3. The lowest BCUT2D eigenvalue weighted by Gasteiger charge is -2.30. The van der Waals surface area contributed by atoms with Crippen molar-refractivity contribution in [3.8, 4) is 5.75 Å². The van der Waals surface area contributed by atoms with Gasteiger partial charge < -0.3 is 9.84 Å². The van der Waals surface area contributed by atoms with Gasteiger partial charge in [-0.3, -0.25) is 9.78 Å². The first-order valence-corrected chi connectivity index (χ1v) is 7.01. The number of ketones is 1. The normalized spacial score (nSPS) is 18.0. The van der Waals surface area contributed by atoms with Crippen LogP contribution >= 0.6 is 0 Å². The summed E-state index contributed by atoms with van der Waals surface area (Å²) in [6, 6.07) is 1.68. The highest BCUT2D eigenvalue weighted by Crippen LogP contribution is 2.31. The van der Waals surface area contributed by atoms with Gasteiger partial charge in [-0.25, -0.2) is 0 Å². The molecule has 0 bridgehead atoms. The van der Waals surface area contributed by atoms with E-state index in [-0.39, 0.29) is 5.78 Å². The van der Waals surface area contributed by atoms with E-state index in [1.165, 1.54) is 6.20 Å². The molecule has 2 rings (SSSR count). The zero-order valence-electron chi connectivity index (χ0n) is 11.4. The van der Waals surface area contributed by atoms with Crippen LogP contribution in [0.4, 0.5) is 0 Å². The van der Waals surface area contributed by atoms with Gasteiger partial charge in [0, 0.05) is 11.8 Å². The van der Waals surface area contributed by atoms with Crippen LogP contribution in [0, 0.1) is 0 Å². The van der Waals surface area contributed by atoms with E-state index in [4.69, 9.17) is 4.74 Å². The molecule has 104 valence electrons. The third kappa shape index (κ3) is 3.32. The van der Waals surface area contributed by atoms with E-state index in [0.29, 0.717) is 30.8 Å². The van der Waals surface area contributed by atoms with Gasteiger partial charge in [0.1, 0.15) is 11.4 Å². The minimum atomic E-state index is -1.21. The van der Waals surface area contributed by atoms with E-state index in [1.807, 2.05) is 6.92 Å². The summed E-state index contributed by atoms with van der Waals surface area (Å²) in [7, 11) is 0. The second-order valence-corrected chi connectivity index (χ2v) is 5.18. The van der Waals surface area contributed by atoms with E-state index in [0.717, 1.165) is 25.7 Å². The first-order valence-electron chi connectivity index (χ1n) is 7.01. The Labute approximate surface area is 113 Å². The number of Topliss-reactive ketones (excluding diaryl/α,β-unsaturated/α-hetero) is 1. The van der Waals surface area contributed by atoms with Gasteiger partial charge in [-0.2, -0.15) is 0 Å². The highest BCUT2D eigenvalue weighted by Gasteiger charge is 2.37. The van der Waals surface area contributed by atoms with E-state index < -0.39 is 5.60 Å². The van der Waals surface area contributed by atoms with Crippen molar-refractivity contribution in [1.82, 2.24) is 4.98 Å². The molecule has 1 heterocycles. The van der Waals surface area contributed by atoms with E-state index in [1.54, 1.807) is 12.3 Å². The first-order chi connectivity index (χ1) is 9.15. The number of carbonyl (C=O) groups excluding carboxylic acids is 1. The first kappa shape index (κ1) is 14.0. The zero-order chi connectivity index (χ0) is 13.7. The fourth-order valence-electron chi connectivity index (χ4n) is 2.47. The summed E-state index contributed by atoms with van der Waals surface area (Å²) in [4.78, 5) is 16.4. The SMILES string of the molecule is CCCOc1cncc(C(=O)C2(O)CCCCC2)c1. The van der Waals surface area contributed by atoms with Crippen molar-refractivity contribution >= 4 is 5.78 Å². The quantitative estimate of drug-likeness (QED) is 0.830. The molecule has 0 atom stereocenters. The van der Waals surface area contributed by atoms with E-state index in [2.05, 4.69) is 4.98 Å². The fraction of sp³-hybridized carbons (Fsp3) is 0.600. The molecule has 1 aliphatic carbocycles. The molecule has 4 nitrogen and oxygen atoms in total. The van der Waals surface area contributed by atoms with Crippen LogP contribution in [0.25, 0.3) is 0 Å². The molecule has 0 saturated heterocycles. The fourth-order valence-corrected chi connectivity index (χ4v) is 2.47. The van der Waals surface area contributed by atoms with Crippen molar-refractivity contribution in [2.75, 3.05) is 6.61 Å². The summed E-state index contributed by atoms with van der Waals surface area (Å²) in [5, 5.41) is 10.4. The Morgan fingerprint density at radius 2 is 2.11 bits per heavy atom. The van der Waals surface area contributed by atoms with Crippen molar-refractivity contribution in [3.63, 3.8) is 0 Å². The minimum absolute atomic E-state index is 0.221. The number of rotatable bonds is 5. The van der Waals surface area contributed by atoms with Gasteiger partial charge in [-0.05, 0) is 25.3 Å². The maximum Gasteiger partial charge on any atom is 0.196 e. The van der Waals surface area contributed by atoms with E-state index >= 15 is 0 Å². The highest BCUT2D eigenvalue weighted by atomic mass is 16.5. The van der Waals surface area contributed by atoms with Crippen LogP contribution in [-0.4, -0.2) is 28.1 Å². The van der Waals surface area contributed by atoms with Crippen molar-refractivity contribution in [3.05, 3.63) is 24.0 Å². The second kappa shape index (κ2) is 6.15. The van der Waals surface area contributed by atoms with Gasteiger partial charge in [0.15, 0.2) is 5.78 Å². The van der Waals surface area contributed by atoms with Gasteiger partial charge in [0.25, 0.3) is 0 Å². The minimum Gasteiger partial charge on any atom is -0.492 e. The summed E-state index contributed by atoms with van der Waals surface area (Å²) >= 11 is 0. The van der Waals surface area contributed by atoms with Crippen molar-refractivity contribution < 1.29 is 14.6 Å². The second-order valence-electron chi connectivity index (χ2n) is 5.18. The predicted octanol–water partition coefficient (Wildman–Crippen LogP) is 2.75. The lowest BCUT2D eigenvalue weighted by molar-refractivity contribution is 0.0116. The van der Waals surface area contributed by atoms with Crippen molar-refractivity contribution in [2.24, 2.45) is 0 Å². The molecule has 1 fully saturated rings. The van der Waals surface area contributed by atoms with Gasteiger partial charge >= 0.3 is 0 Å². The molecule has 1 N–H and O–H groups in total. The van der Waals surface area contributed by atoms with Crippen LogP contribution in [0.1, 0.15) is 55.8 Å². The molecule has 1 aromatic heterocycles. The van der Waals surface area contributed by atoms with Crippen LogP contribution in [0.2, 0.25) is 0 Å². The summed E-state index contributed by atoms with van der Waals surface area (Å²) in [6.07, 6.45) is 8.00. The van der Waals surface area contributed by atoms with Crippen LogP contribution in [0.5, 0.6) is 5.75 Å². The molecule has 0 radical (unpaired) electrons. The molecule has 19 heavy (non-hydrogen) atoms. The molecule has 0 aromatic carbocycles. The monoisotopic (exact) mass is 263 g/mol. The van der Waals surface area contributed by atoms with Gasteiger partial charge in [-0.1, -0.05) is 26.2 Å². The van der Waals surface area contributed by atoms with Gasteiger partial charge in [0.2, 0.25) is 0 Å². The summed E-state index contributed by atoms with van der Waals surface area (Å²) < 4.78 is 5.47. The largest absolute Gasteiger partial charge is 0.492 e. The number of hydrogen-bond acceptors (Lipinski definition) is 4. The maximum atomic E-state index is 12.4. The average Bonchev–Trinajstić information content (AvgIpc) is 2.45. The molecule has 0 amide bonds. The Hall–Kier alpha value is -1.42. The Morgan fingerprint density at radius 1 is 1.37 bits per heavy atom. The number of pyridine rings is 1. The molecular weight excluding hydrogens is 242 g/mol. The van der Waals surface area contributed by atoms with Crippen LogP contribution in [-0.2, 0) is 0 Å². The Morgan fingerprint density at radius 3 is 2.79 bits per heavy atom. The predicted molar refractivity (Wildman–Crippen MR) is 72.4 cm³/mol. The molecule has 4 heteroatoms. The van der Waals surface area contributed by atoms with Gasteiger partial charge in [0.05, 0.1) is 12.8 Å². The zero-order valence-corrected chi connectivity index (χ0v) is 11.4. The van der Waals surface area contributed by atoms with Crippen LogP contribution in [0.15, 0.2) is 18.5 Å². The lowest BCUT2D eigenvalue weighted by atomic mass is 9.80. The van der Waals surface area contributed by atoms with Crippen molar-refractivity contribution in [1.29, 1.82) is 0 Å². The molecule has 1 aromatic rings. The average molecular weight is 263 g/mol. The highest BCUT2D eigenvalue weighted by molar-refractivity contribution is 6.02. The smallest absolute Gasteiger partial charge is 0.196 e. The van der Waals surface area contributed by atoms with Crippen LogP contribution in [0.3, 0.4) is 0 Å². The number of aromatic nitrogens is 1. The summed E-state index contributed by atoms with van der Waals surface area (Å²) in [5.74, 6) is 0.369. The maximum absolute atomic E-state index is 12.4. The van der Waals surface area contributed by atoms with Crippen LogP contribution < -0.4 is 4.74 Å². The molecule has 1 aliphatic rings. The van der Waals surface area contributed by atoms with Crippen molar-refractivity contribution in [2.45, 2.75) is 51.0 Å². The molecule has 1 saturated carbocycles. The number of hydrogen-bond donors (Lipinski definition) is 1. The number of aliphatic hydroxyl groups is 1. The molecule has 0 spiro atoms. The summed E-state index contributed by atoms with van der Waals surface area (Å²) in [6.45, 7) is 2.62. The number of carbonyl (C=O) groups is 1. The third-order valence-electron chi connectivity index (χ3n) is 3.55. The Bertz CT molecular complexity index is 439. The third-order valence-corrected chi connectivity index (χ3v) is 3.55. The molecule has 0 unspecified atom stereocenters. The lowest BCUT2D eigenvalue weighted by Crippen LogP contribution is -2.40. The number of ether oxygens (including phenoxy) is 1. The standard InChI is InChI=1S/C15H21NO3/c1-2-8-19-13-9-12(10-16-11-13)14(17)15(18)6-4-3-5-7-15/h9-11,18H,2-8H2,1H3. The Kier molecular flexibility index (Phi) is 4.53. The Balaban J connectivity index is 2.14. The van der Waals surface area contributed by atoms with E-state index in [9.17, 15) is 9.90 Å². The summed E-state index contributed by atoms with van der Waals surface area (Å²) in [5.41, 5.74) is -0.762. The topological polar surface area (TPSA) is 59.4 Å². The van der Waals surface area contributed by atoms with Gasteiger partial charge in [-0.15, -0.1) is 0 Å². The number of nitrogens with zero attached hydrogens (tertiary/aromatic N) is 1. The molecule has 0 aliphatic heterocycles.